The van der Waals surface area contributed by atoms with Crippen LogP contribution in [0.3, 0.4) is 0 Å². The first-order valence-corrected chi connectivity index (χ1v) is 4.46. The molecule has 0 bridgehead atoms. The largest absolute Gasteiger partial charge is 0.399 e. The van der Waals surface area contributed by atoms with Crippen LogP contribution >= 0.6 is 0 Å². The molecule has 1 rings (SSSR count). The number of nitrogens with zero attached hydrogens (tertiary/aromatic N) is 2. The average Bonchev–Trinajstić information content (AvgIpc) is 2.41. The molecule has 1 amide bonds. The normalized spacial score (nSPS) is 21.0. The molecule has 0 aromatic heterocycles. The summed E-state index contributed by atoms with van der Waals surface area (Å²) in [6.07, 6.45) is 3.35. The molecule has 0 radical (unpaired) electrons. The molecule has 0 aliphatic carbocycles. The highest BCUT2D eigenvalue weighted by atomic mass is 16.6. The molecule has 0 spiro atoms. The number of rotatable bonds is 2. The first-order chi connectivity index (χ1) is 6.08. The molecule has 1 fully saturated rings. The number of carbonyl (C=O) groups is 1. The summed E-state index contributed by atoms with van der Waals surface area (Å²) in [4.78, 5) is 17.8. The van der Waals surface area contributed by atoms with Gasteiger partial charge in [0.25, 0.3) is 5.91 Å². The van der Waals surface area contributed by atoms with Gasteiger partial charge >= 0.3 is 0 Å². The van der Waals surface area contributed by atoms with Gasteiger partial charge in [0.15, 0.2) is 0 Å². The summed E-state index contributed by atoms with van der Waals surface area (Å²) in [6.45, 7) is 4.96. The van der Waals surface area contributed by atoms with Gasteiger partial charge in [0.2, 0.25) is 0 Å². The molecule has 74 valence electrons. The van der Waals surface area contributed by atoms with E-state index in [-0.39, 0.29) is 11.4 Å². The predicted molar refractivity (Wildman–Crippen MR) is 50.5 cm³/mol. The minimum absolute atomic E-state index is 0.0309. The molecule has 1 aliphatic heterocycles. The molecular weight excluding hydrogens is 168 g/mol. The summed E-state index contributed by atoms with van der Waals surface area (Å²) in [5.74, 6) is -0.0654. The van der Waals surface area contributed by atoms with E-state index in [0.717, 1.165) is 19.4 Å². The van der Waals surface area contributed by atoms with Gasteiger partial charge in [0.1, 0.15) is 13.3 Å². The maximum Gasteiger partial charge on any atom is 0.268 e. The lowest BCUT2D eigenvalue weighted by atomic mass is 10.0. The lowest BCUT2D eigenvalue weighted by Gasteiger charge is -2.30. The fourth-order valence-electron chi connectivity index (χ4n) is 1.68. The fourth-order valence-corrected chi connectivity index (χ4v) is 1.68. The lowest BCUT2D eigenvalue weighted by molar-refractivity contribution is -0.126. The van der Waals surface area contributed by atoms with Crippen LogP contribution in [0.15, 0.2) is 5.16 Å². The van der Waals surface area contributed by atoms with E-state index in [1.54, 1.807) is 0 Å². The average molecular weight is 184 g/mol. The highest BCUT2D eigenvalue weighted by Crippen LogP contribution is 2.27. The number of hydrogen-bond acceptors (Lipinski definition) is 3. The van der Waals surface area contributed by atoms with Gasteiger partial charge in [-0.2, -0.15) is 0 Å². The summed E-state index contributed by atoms with van der Waals surface area (Å²) in [7, 11) is 1.43. The van der Waals surface area contributed by atoms with Gasteiger partial charge in [0, 0.05) is 12.1 Å². The zero-order valence-electron chi connectivity index (χ0n) is 8.41. The minimum Gasteiger partial charge on any atom is -0.399 e. The SMILES string of the molecule is CO/N=C/C(=O)N1CCCC1(C)C. The van der Waals surface area contributed by atoms with Crippen LogP contribution in [0.4, 0.5) is 0 Å². The minimum atomic E-state index is -0.0654. The van der Waals surface area contributed by atoms with Crippen molar-refractivity contribution in [3.05, 3.63) is 0 Å². The Morgan fingerprint density at radius 1 is 1.62 bits per heavy atom. The van der Waals surface area contributed by atoms with Crippen molar-refractivity contribution < 1.29 is 9.63 Å². The first kappa shape index (κ1) is 10.0. The van der Waals surface area contributed by atoms with Crippen LogP contribution in [0.1, 0.15) is 26.7 Å². The maximum absolute atomic E-state index is 11.5. The highest BCUT2D eigenvalue weighted by molar-refractivity contribution is 6.26. The number of amides is 1. The zero-order chi connectivity index (χ0) is 9.90. The van der Waals surface area contributed by atoms with E-state index in [4.69, 9.17) is 0 Å². The smallest absolute Gasteiger partial charge is 0.268 e. The van der Waals surface area contributed by atoms with Crippen LogP contribution in [0.5, 0.6) is 0 Å². The summed E-state index contributed by atoms with van der Waals surface area (Å²) in [5, 5.41) is 3.47. The van der Waals surface area contributed by atoms with Crippen molar-refractivity contribution in [2.45, 2.75) is 32.2 Å². The zero-order valence-corrected chi connectivity index (χ0v) is 8.41. The van der Waals surface area contributed by atoms with Gasteiger partial charge < -0.3 is 9.74 Å². The molecule has 0 unspecified atom stereocenters. The molecular formula is C9H16N2O2. The Morgan fingerprint density at radius 2 is 2.31 bits per heavy atom. The third kappa shape index (κ3) is 2.20. The molecule has 0 N–H and O–H groups in total. The molecule has 0 atom stereocenters. The van der Waals surface area contributed by atoms with E-state index in [1.165, 1.54) is 13.3 Å². The van der Waals surface area contributed by atoms with Crippen molar-refractivity contribution in [2.75, 3.05) is 13.7 Å². The fraction of sp³-hybridized carbons (Fsp3) is 0.778. The number of likely N-dealkylation sites (tertiary alicyclic amines) is 1. The molecule has 0 aromatic rings. The molecule has 0 saturated carbocycles. The van der Waals surface area contributed by atoms with Crippen LogP contribution in [0.25, 0.3) is 0 Å². The van der Waals surface area contributed by atoms with E-state index in [2.05, 4.69) is 23.8 Å². The molecule has 1 heterocycles. The second-order valence-corrected chi connectivity index (χ2v) is 3.82. The van der Waals surface area contributed by atoms with Crippen molar-refractivity contribution in [2.24, 2.45) is 5.16 Å². The van der Waals surface area contributed by atoms with Crippen molar-refractivity contribution >= 4 is 12.1 Å². The van der Waals surface area contributed by atoms with Crippen molar-refractivity contribution in [3.63, 3.8) is 0 Å². The van der Waals surface area contributed by atoms with Gasteiger partial charge in [0.05, 0.1) is 0 Å². The molecule has 4 nitrogen and oxygen atoms in total. The Morgan fingerprint density at radius 3 is 2.77 bits per heavy atom. The standard InChI is InChI=1S/C9H16N2O2/c1-9(2)5-4-6-11(9)8(12)7-10-13-3/h7H,4-6H2,1-3H3/b10-7+. The van der Waals surface area contributed by atoms with Gasteiger partial charge in [-0.25, -0.2) is 0 Å². The Bertz CT molecular complexity index is 224. The van der Waals surface area contributed by atoms with Gasteiger partial charge in [-0.15, -0.1) is 0 Å². The van der Waals surface area contributed by atoms with Crippen molar-refractivity contribution in [1.82, 2.24) is 4.90 Å². The second-order valence-electron chi connectivity index (χ2n) is 3.82. The Hall–Kier alpha value is -1.06. The predicted octanol–water partition coefficient (Wildman–Crippen LogP) is 1.02. The maximum atomic E-state index is 11.5. The van der Waals surface area contributed by atoms with Crippen LogP contribution < -0.4 is 0 Å². The summed E-state index contributed by atoms with van der Waals surface area (Å²) >= 11 is 0. The van der Waals surface area contributed by atoms with Gasteiger partial charge in [-0.1, -0.05) is 5.16 Å². The topological polar surface area (TPSA) is 41.9 Å². The molecule has 13 heavy (non-hydrogen) atoms. The molecule has 0 aromatic carbocycles. The van der Waals surface area contributed by atoms with Crippen LogP contribution in [-0.4, -0.2) is 36.2 Å². The van der Waals surface area contributed by atoms with E-state index >= 15 is 0 Å². The molecule has 1 saturated heterocycles. The molecule has 1 aliphatic rings. The van der Waals surface area contributed by atoms with Crippen LogP contribution in [-0.2, 0) is 9.63 Å². The Labute approximate surface area is 78.5 Å². The van der Waals surface area contributed by atoms with Crippen molar-refractivity contribution in [1.29, 1.82) is 0 Å². The van der Waals surface area contributed by atoms with Gasteiger partial charge in [-0.05, 0) is 26.7 Å². The van der Waals surface area contributed by atoms with E-state index in [9.17, 15) is 4.79 Å². The second kappa shape index (κ2) is 3.77. The first-order valence-electron chi connectivity index (χ1n) is 4.46. The van der Waals surface area contributed by atoms with E-state index in [0.29, 0.717) is 0 Å². The number of carbonyl (C=O) groups excluding carboxylic acids is 1. The molecule has 4 heteroatoms. The summed E-state index contributed by atoms with van der Waals surface area (Å²) in [6, 6.07) is 0. The lowest BCUT2D eigenvalue weighted by Crippen LogP contribution is -2.43. The van der Waals surface area contributed by atoms with E-state index < -0.39 is 0 Å². The quantitative estimate of drug-likeness (QED) is 0.475. The summed E-state index contributed by atoms with van der Waals surface area (Å²) in [5.41, 5.74) is -0.0309. The van der Waals surface area contributed by atoms with E-state index in [1.807, 2.05) is 4.90 Å². The van der Waals surface area contributed by atoms with Crippen molar-refractivity contribution in [3.8, 4) is 0 Å². The highest BCUT2D eigenvalue weighted by Gasteiger charge is 2.34. The monoisotopic (exact) mass is 184 g/mol. The Kier molecular flexibility index (Phi) is 2.90. The van der Waals surface area contributed by atoms with Gasteiger partial charge in [-0.3, -0.25) is 4.79 Å². The van der Waals surface area contributed by atoms with Crippen LogP contribution in [0, 0.1) is 0 Å². The van der Waals surface area contributed by atoms with Crippen LogP contribution in [0.2, 0.25) is 0 Å². The Balaban J connectivity index is 2.61. The number of hydrogen-bond donors (Lipinski definition) is 0. The number of oxime groups is 1. The third-order valence-electron chi connectivity index (χ3n) is 2.44. The third-order valence-corrected chi connectivity index (χ3v) is 2.44. The summed E-state index contributed by atoms with van der Waals surface area (Å²) < 4.78 is 0.